The summed E-state index contributed by atoms with van der Waals surface area (Å²) in [5, 5.41) is 3.93. The highest BCUT2D eigenvalue weighted by atomic mass is 35.5. The van der Waals surface area contributed by atoms with Crippen LogP contribution >= 0.6 is 23.2 Å². The molecule has 2 aromatic carbocycles. The van der Waals surface area contributed by atoms with E-state index >= 15 is 0 Å². The number of carbonyl (C=O) groups is 2. The second kappa shape index (κ2) is 13.6. The first-order valence-corrected chi connectivity index (χ1v) is 13.6. The van der Waals surface area contributed by atoms with Crippen LogP contribution in [0.15, 0.2) is 60.8 Å². The van der Waals surface area contributed by atoms with Crippen molar-refractivity contribution in [2.45, 2.75) is 25.8 Å². The molecule has 39 heavy (non-hydrogen) atoms. The maximum absolute atomic E-state index is 13.3. The zero-order valence-electron chi connectivity index (χ0n) is 22.0. The number of aromatic nitrogens is 1. The van der Waals surface area contributed by atoms with Gasteiger partial charge in [-0.05, 0) is 49.1 Å². The van der Waals surface area contributed by atoms with Crippen molar-refractivity contribution in [3.63, 3.8) is 0 Å². The number of anilines is 1. The quantitative estimate of drug-likeness (QED) is 0.340. The van der Waals surface area contributed by atoms with Crippen LogP contribution in [-0.4, -0.2) is 67.6 Å². The van der Waals surface area contributed by atoms with Crippen molar-refractivity contribution in [2.75, 3.05) is 44.8 Å². The Balaban J connectivity index is 1.32. The fourth-order valence-corrected chi connectivity index (χ4v) is 5.14. The summed E-state index contributed by atoms with van der Waals surface area (Å²) < 4.78 is 11.4. The predicted octanol–water partition coefficient (Wildman–Crippen LogP) is 4.55. The van der Waals surface area contributed by atoms with Gasteiger partial charge in [-0.2, -0.15) is 0 Å². The average Bonchev–Trinajstić information content (AvgIpc) is 2.92. The molecule has 1 atom stereocenters. The molecule has 1 fully saturated rings. The van der Waals surface area contributed by atoms with Gasteiger partial charge in [0.15, 0.2) is 5.75 Å². The van der Waals surface area contributed by atoms with Crippen molar-refractivity contribution >= 4 is 40.7 Å². The molecular weight excluding hydrogens is 539 g/mol. The molecular formula is C29H32Cl2N4O4. The number of nitrogens with one attached hydrogen (secondary N) is 1. The summed E-state index contributed by atoms with van der Waals surface area (Å²) >= 11 is 12.4. The standard InChI is InChI=1S/C29H32Cl2N4O4/c1-20-15-23(30)28(24(31)16-20)39-14-13-38-26-11-10-22(17-33-26)35-25(18-32-19-27(35)36)29(37)34(2)12-6-9-21-7-4-3-5-8-21/h3-5,7-8,10-11,15-17,25,32H,6,9,12-14,18-19H2,1-2H3/t25-/m1/s1. The number of nitrogens with zero attached hydrogens (tertiary/aromatic N) is 3. The first kappa shape index (κ1) is 28.7. The first-order chi connectivity index (χ1) is 18.8. The molecule has 0 unspecified atom stereocenters. The van der Waals surface area contributed by atoms with Gasteiger partial charge >= 0.3 is 0 Å². The summed E-state index contributed by atoms with van der Waals surface area (Å²) in [6.07, 6.45) is 3.26. The number of likely N-dealkylation sites (N-methyl/N-ethyl adjacent to an activating group) is 1. The van der Waals surface area contributed by atoms with Crippen molar-refractivity contribution in [2.24, 2.45) is 0 Å². The molecule has 1 aromatic heterocycles. The van der Waals surface area contributed by atoms with E-state index in [9.17, 15) is 9.59 Å². The second-order valence-corrected chi connectivity index (χ2v) is 10.2. The third kappa shape index (κ3) is 7.62. The summed E-state index contributed by atoms with van der Waals surface area (Å²) in [6, 6.07) is 16.5. The first-order valence-electron chi connectivity index (χ1n) is 12.8. The normalized spacial score (nSPS) is 15.2. The van der Waals surface area contributed by atoms with Crippen LogP contribution in [-0.2, 0) is 16.0 Å². The van der Waals surface area contributed by atoms with Gasteiger partial charge < -0.3 is 19.7 Å². The molecule has 2 amide bonds. The summed E-state index contributed by atoms with van der Waals surface area (Å²) in [5.41, 5.74) is 2.72. The molecule has 2 heterocycles. The fourth-order valence-electron chi connectivity index (χ4n) is 4.43. The molecule has 0 aliphatic carbocycles. The van der Waals surface area contributed by atoms with Crippen LogP contribution in [0.2, 0.25) is 10.0 Å². The number of piperazine rings is 1. The molecule has 0 saturated carbocycles. The smallest absolute Gasteiger partial charge is 0.246 e. The molecule has 4 rings (SSSR count). The van der Waals surface area contributed by atoms with Gasteiger partial charge in [0.25, 0.3) is 0 Å². The lowest BCUT2D eigenvalue weighted by Gasteiger charge is -2.36. The lowest BCUT2D eigenvalue weighted by molar-refractivity contribution is -0.134. The molecule has 206 valence electrons. The number of aryl methyl sites for hydroxylation is 2. The van der Waals surface area contributed by atoms with Gasteiger partial charge in [-0.25, -0.2) is 4.98 Å². The van der Waals surface area contributed by atoms with Crippen molar-refractivity contribution in [1.82, 2.24) is 15.2 Å². The Morgan fingerprint density at radius 2 is 1.82 bits per heavy atom. The maximum Gasteiger partial charge on any atom is 0.246 e. The zero-order chi connectivity index (χ0) is 27.8. The minimum Gasteiger partial charge on any atom is -0.487 e. The van der Waals surface area contributed by atoms with Crippen LogP contribution in [0.4, 0.5) is 5.69 Å². The number of halogens is 2. The molecule has 1 saturated heterocycles. The SMILES string of the molecule is Cc1cc(Cl)c(OCCOc2ccc(N3C(=O)CNC[C@@H]3C(=O)N(C)CCCc3ccccc3)cn2)c(Cl)c1. The molecule has 10 heteroatoms. The van der Waals surface area contributed by atoms with Crippen molar-refractivity contribution < 1.29 is 19.1 Å². The molecule has 1 aliphatic rings. The number of amides is 2. The number of ether oxygens (including phenoxy) is 2. The highest BCUT2D eigenvalue weighted by Crippen LogP contribution is 2.34. The predicted molar refractivity (Wildman–Crippen MR) is 153 cm³/mol. The minimum absolute atomic E-state index is 0.116. The van der Waals surface area contributed by atoms with E-state index in [-0.39, 0.29) is 31.6 Å². The molecule has 0 radical (unpaired) electrons. The summed E-state index contributed by atoms with van der Waals surface area (Å²) in [4.78, 5) is 33.7. The molecule has 1 N–H and O–H groups in total. The largest absolute Gasteiger partial charge is 0.487 e. The van der Waals surface area contributed by atoms with E-state index in [1.165, 1.54) is 10.5 Å². The zero-order valence-corrected chi connectivity index (χ0v) is 23.5. The molecule has 3 aromatic rings. The van der Waals surface area contributed by atoms with E-state index in [0.717, 1.165) is 18.4 Å². The van der Waals surface area contributed by atoms with E-state index in [1.54, 1.807) is 42.4 Å². The number of benzene rings is 2. The van der Waals surface area contributed by atoms with Gasteiger partial charge in [0.05, 0.1) is 28.5 Å². The number of rotatable bonds is 11. The Labute approximate surface area is 238 Å². The van der Waals surface area contributed by atoms with Crippen LogP contribution < -0.4 is 19.7 Å². The van der Waals surface area contributed by atoms with Crippen molar-refractivity contribution in [3.8, 4) is 11.6 Å². The Morgan fingerprint density at radius 3 is 2.51 bits per heavy atom. The third-order valence-corrected chi connectivity index (χ3v) is 6.94. The van der Waals surface area contributed by atoms with Gasteiger partial charge in [0.2, 0.25) is 17.7 Å². The van der Waals surface area contributed by atoms with E-state index in [2.05, 4.69) is 22.4 Å². The number of carbonyl (C=O) groups excluding carboxylic acids is 2. The van der Waals surface area contributed by atoms with Crippen molar-refractivity contribution in [1.29, 1.82) is 0 Å². The number of hydrogen-bond donors (Lipinski definition) is 1. The van der Waals surface area contributed by atoms with Crippen LogP contribution in [0.3, 0.4) is 0 Å². The topological polar surface area (TPSA) is 84.0 Å². The Hall–Kier alpha value is -3.33. The van der Waals surface area contributed by atoms with Gasteiger partial charge in [-0.15, -0.1) is 0 Å². The summed E-state index contributed by atoms with van der Waals surface area (Å²) in [5.74, 6) is 0.475. The van der Waals surface area contributed by atoms with Gasteiger partial charge in [-0.3, -0.25) is 14.5 Å². The van der Waals surface area contributed by atoms with Gasteiger partial charge in [0.1, 0.15) is 19.3 Å². The highest BCUT2D eigenvalue weighted by Gasteiger charge is 2.36. The second-order valence-electron chi connectivity index (χ2n) is 9.37. The van der Waals surface area contributed by atoms with Crippen LogP contribution in [0.25, 0.3) is 0 Å². The Bertz CT molecular complexity index is 1250. The lowest BCUT2D eigenvalue weighted by atomic mass is 10.1. The van der Waals surface area contributed by atoms with Gasteiger partial charge in [-0.1, -0.05) is 53.5 Å². The molecule has 1 aliphatic heterocycles. The van der Waals surface area contributed by atoms with Crippen LogP contribution in [0.5, 0.6) is 11.6 Å². The minimum atomic E-state index is -0.654. The highest BCUT2D eigenvalue weighted by molar-refractivity contribution is 6.37. The maximum atomic E-state index is 13.3. The Morgan fingerprint density at radius 1 is 1.10 bits per heavy atom. The molecule has 8 nitrogen and oxygen atoms in total. The number of hydrogen-bond acceptors (Lipinski definition) is 6. The van der Waals surface area contributed by atoms with Crippen LogP contribution in [0.1, 0.15) is 17.5 Å². The lowest BCUT2D eigenvalue weighted by Crippen LogP contribution is -2.61. The van der Waals surface area contributed by atoms with E-state index in [0.29, 0.717) is 40.5 Å². The molecule has 0 spiro atoms. The summed E-state index contributed by atoms with van der Waals surface area (Å²) in [7, 11) is 1.78. The van der Waals surface area contributed by atoms with E-state index in [1.807, 2.05) is 25.1 Å². The third-order valence-electron chi connectivity index (χ3n) is 6.38. The monoisotopic (exact) mass is 570 g/mol. The van der Waals surface area contributed by atoms with Crippen molar-refractivity contribution in [3.05, 3.63) is 82.0 Å². The van der Waals surface area contributed by atoms with Crippen LogP contribution in [0, 0.1) is 6.92 Å². The van der Waals surface area contributed by atoms with Gasteiger partial charge in [0, 0.05) is 26.2 Å². The van der Waals surface area contributed by atoms with E-state index < -0.39 is 6.04 Å². The Kier molecular flexibility index (Phi) is 10.0. The van der Waals surface area contributed by atoms with E-state index in [4.69, 9.17) is 32.7 Å². The molecule has 0 bridgehead atoms. The fraction of sp³-hybridized carbons (Fsp3) is 0.345. The average molecular weight is 572 g/mol. The summed E-state index contributed by atoms with van der Waals surface area (Å²) in [6.45, 7) is 3.45. The number of pyridine rings is 1.